The average molecular weight is 243 g/mol. The van der Waals surface area contributed by atoms with Gasteiger partial charge >= 0.3 is 0 Å². The summed E-state index contributed by atoms with van der Waals surface area (Å²) in [5.74, 6) is 0.847. The lowest BCUT2D eigenvalue weighted by Crippen LogP contribution is -1.98. The van der Waals surface area contributed by atoms with E-state index in [-0.39, 0.29) is 12.6 Å². The first-order valence-corrected chi connectivity index (χ1v) is 5.01. The lowest BCUT2D eigenvalue weighted by atomic mass is 10.2. The van der Waals surface area contributed by atoms with Gasteiger partial charge in [-0.1, -0.05) is 17.2 Å². The molecule has 0 bridgehead atoms. The molecule has 18 heavy (non-hydrogen) atoms. The normalized spacial score (nSPS) is 10.2. The number of para-hydroxylation sites is 1. The summed E-state index contributed by atoms with van der Waals surface area (Å²) < 4.78 is 5.24. The summed E-state index contributed by atoms with van der Waals surface area (Å²) in [4.78, 5) is 0. The summed E-state index contributed by atoms with van der Waals surface area (Å²) in [6, 6.07) is 9.14. The molecular weight excluding hydrogens is 234 g/mol. The predicted molar refractivity (Wildman–Crippen MR) is 62.9 cm³/mol. The smallest absolute Gasteiger partial charge is 0.283 e. The van der Waals surface area contributed by atoms with Crippen molar-refractivity contribution >= 4 is 12.2 Å². The van der Waals surface area contributed by atoms with E-state index in [1.807, 2.05) is 24.3 Å². The van der Waals surface area contributed by atoms with E-state index in [0.29, 0.717) is 5.75 Å². The molecule has 0 fully saturated rings. The molecule has 2 rings (SSSR count). The van der Waals surface area contributed by atoms with Gasteiger partial charge in [0, 0.05) is 5.56 Å². The van der Waals surface area contributed by atoms with Crippen LogP contribution in [0.15, 0.2) is 29.4 Å². The molecule has 0 aliphatic rings. The van der Waals surface area contributed by atoms with Crippen LogP contribution < -0.4 is 10.2 Å². The van der Waals surface area contributed by atoms with Gasteiger partial charge in [0.1, 0.15) is 11.8 Å². The quantitative estimate of drug-likeness (QED) is 0.585. The van der Waals surface area contributed by atoms with Crippen LogP contribution in [-0.4, -0.2) is 33.4 Å². The number of aromatic amines is 1. The lowest BCUT2D eigenvalue weighted by molar-refractivity contribution is 0.367. The maximum Gasteiger partial charge on any atom is 0.283 e. The molecular formula is C10H9N7O. The van der Waals surface area contributed by atoms with Gasteiger partial charge in [0.25, 0.3) is 5.95 Å². The zero-order chi connectivity index (χ0) is 12.6. The van der Waals surface area contributed by atoms with Gasteiger partial charge in [0.2, 0.25) is 0 Å². The first-order valence-electron chi connectivity index (χ1n) is 5.01. The number of nitriles is 1. The van der Waals surface area contributed by atoms with Crippen LogP contribution in [0.25, 0.3) is 0 Å². The Morgan fingerprint density at radius 3 is 3.17 bits per heavy atom. The Labute approximate surface area is 102 Å². The number of hydrogen-bond donors (Lipinski definition) is 2. The summed E-state index contributed by atoms with van der Waals surface area (Å²) in [5, 5.41) is 25.4. The van der Waals surface area contributed by atoms with Crippen LogP contribution in [0.4, 0.5) is 5.95 Å². The molecule has 1 heterocycles. The second-order valence-electron chi connectivity index (χ2n) is 3.09. The van der Waals surface area contributed by atoms with Crippen molar-refractivity contribution in [3.8, 4) is 11.8 Å². The number of tetrazole rings is 1. The highest BCUT2D eigenvalue weighted by Crippen LogP contribution is 2.15. The highest BCUT2D eigenvalue weighted by molar-refractivity contribution is 5.83. The molecule has 0 saturated heterocycles. The number of nitrogens with zero attached hydrogens (tertiary/aromatic N) is 5. The molecule has 90 valence electrons. The molecule has 2 N–H and O–H groups in total. The van der Waals surface area contributed by atoms with Crippen molar-refractivity contribution in [1.82, 2.24) is 20.6 Å². The third-order valence-corrected chi connectivity index (χ3v) is 1.92. The fourth-order valence-corrected chi connectivity index (χ4v) is 1.20. The van der Waals surface area contributed by atoms with Crippen molar-refractivity contribution in [1.29, 1.82) is 5.26 Å². The highest BCUT2D eigenvalue weighted by atomic mass is 16.5. The maximum absolute atomic E-state index is 8.47. The van der Waals surface area contributed by atoms with E-state index in [9.17, 15) is 0 Å². The van der Waals surface area contributed by atoms with Crippen LogP contribution >= 0.6 is 0 Å². The summed E-state index contributed by atoms with van der Waals surface area (Å²) in [6.07, 6.45) is 1.54. The van der Waals surface area contributed by atoms with E-state index in [2.05, 4.69) is 31.2 Å². The van der Waals surface area contributed by atoms with Gasteiger partial charge in [0.15, 0.2) is 6.61 Å². The monoisotopic (exact) mass is 243 g/mol. The zero-order valence-electron chi connectivity index (χ0n) is 9.24. The lowest BCUT2D eigenvalue weighted by Gasteiger charge is -2.04. The number of nitrogens with one attached hydrogen (secondary N) is 2. The van der Waals surface area contributed by atoms with Crippen LogP contribution in [0.3, 0.4) is 0 Å². The van der Waals surface area contributed by atoms with E-state index in [1.165, 1.54) is 0 Å². The number of H-pyrrole nitrogens is 1. The standard InChI is InChI=1S/C10H9N7O/c11-5-6-18-9-4-2-1-3-8(9)7-12-13-10-14-16-17-15-10/h1-4,7H,6H2,(H2,13,14,15,16,17). The van der Waals surface area contributed by atoms with Crippen LogP contribution in [-0.2, 0) is 0 Å². The van der Waals surface area contributed by atoms with Crippen molar-refractivity contribution in [3.63, 3.8) is 0 Å². The van der Waals surface area contributed by atoms with Gasteiger partial charge in [-0.05, 0) is 17.3 Å². The first kappa shape index (κ1) is 11.5. The van der Waals surface area contributed by atoms with Crippen LogP contribution in [0, 0.1) is 11.3 Å². The Hall–Kier alpha value is -2.95. The van der Waals surface area contributed by atoms with E-state index in [4.69, 9.17) is 10.00 Å². The van der Waals surface area contributed by atoms with E-state index in [1.54, 1.807) is 12.3 Å². The van der Waals surface area contributed by atoms with Crippen LogP contribution in [0.5, 0.6) is 5.75 Å². The van der Waals surface area contributed by atoms with Crippen LogP contribution in [0.1, 0.15) is 5.56 Å². The molecule has 1 aromatic heterocycles. The minimum atomic E-state index is -0.0108. The molecule has 2 aromatic rings. The van der Waals surface area contributed by atoms with Crippen molar-refractivity contribution < 1.29 is 4.74 Å². The van der Waals surface area contributed by atoms with Gasteiger partial charge in [-0.3, -0.25) is 0 Å². The summed E-state index contributed by atoms with van der Waals surface area (Å²) >= 11 is 0. The second kappa shape index (κ2) is 5.95. The molecule has 0 saturated carbocycles. The van der Waals surface area contributed by atoms with Crippen LogP contribution in [0.2, 0.25) is 0 Å². The van der Waals surface area contributed by atoms with Crippen molar-refractivity contribution in [2.24, 2.45) is 5.10 Å². The number of ether oxygens (including phenoxy) is 1. The predicted octanol–water partition coefficient (Wildman–Crippen LogP) is 0.548. The maximum atomic E-state index is 8.47. The van der Waals surface area contributed by atoms with E-state index in [0.717, 1.165) is 5.56 Å². The topological polar surface area (TPSA) is 112 Å². The zero-order valence-corrected chi connectivity index (χ0v) is 9.24. The molecule has 0 aliphatic carbocycles. The minimum Gasteiger partial charge on any atom is -0.478 e. The number of aromatic nitrogens is 4. The average Bonchev–Trinajstić information content (AvgIpc) is 2.91. The molecule has 0 radical (unpaired) electrons. The molecule has 0 unspecified atom stereocenters. The Balaban J connectivity index is 2.04. The van der Waals surface area contributed by atoms with Gasteiger partial charge in [0.05, 0.1) is 6.21 Å². The highest BCUT2D eigenvalue weighted by Gasteiger charge is 1.99. The number of anilines is 1. The molecule has 1 aromatic carbocycles. The summed E-state index contributed by atoms with van der Waals surface area (Å²) in [6.45, 7) is -0.0108. The fourth-order valence-electron chi connectivity index (χ4n) is 1.20. The molecule has 0 spiro atoms. The van der Waals surface area contributed by atoms with Gasteiger partial charge in [-0.2, -0.15) is 15.6 Å². The Morgan fingerprint density at radius 2 is 2.39 bits per heavy atom. The molecule has 8 nitrogen and oxygen atoms in total. The third-order valence-electron chi connectivity index (χ3n) is 1.92. The number of benzene rings is 1. The Bertz CT molecular complexity index is 558. The molecule has 0 amide bonds. The van der Waals surface area contributed by atoms with Gasteiger partial charge in [-0.25, -0.2) is 5.43 Å². The number of hydrazone groups is 1. The van der Waals surface area contributed by atoms with E-state index >= 15 is 0 Å². The summed E-state index contributed by atoms with van der Waals surface area (Å²) in [5.41, 5.74) is 3.33. The van der Waals surface area contributed by atoms with Gasteiger partial charge < -0.3 is 4.74 Å². The third kappa shape index (κ3) is 3.02. The summed E-state index contributed by atoms with van der Waals surface area (Å²) in [7, 11) is 0. The number of hydrogen-bond acceptors (Lipinski definition) is 7. The Morgan fingerprint density at radius 1 is 1.50 bits per heavy atom. The van der Waals surface area contributed by atoms with Crippen molar-refractivity contribution in [2.45, 2.75) is 0 Å². The second-order valence-corrected chi connectivity index (χ2v) is 3.09. The largest absolute Gasteiger partial charge is 0.478 e. The van der Waals surface area contributed by atoms with Crippen molar-refractivity contribution in [2.75, 3.05) is 12.0 Å². The molecule has 0 atom stereocenters. The van der Waals surface area contributed by atoms with E-state index < -0.39 is 0 Å². The first-order chi connectivity index (χ1) is 8.90. The SMILES string of the molecule is N#CCOc1ccccc1C=NNc1nn[nH]n1. The Kier molecular flexibility index (Phi) is 3.81. The molecule has 8 heteroatoms. The number of rotatable bonds is 5. The van der Waals surface area contributed by atoms with Gasteiger partial charge in [-0.15, -0.1) is 5.10 Å². The fraction of sp³-hybridized carbons (Fsp3) is 0.100. The van der Waals surface area contributed by atoms with Crippen molar-refractivity contribution in [3.05, 3.63) is 29.8 Å². The minimum absolute atomic E-state index is 0.0108. The molecule has 0 aliphatic heterocycles.